The van der Waals surface area contributed by atoms with Crippen LogP contribution in [0.15, 0.2) is 59.1 Å². The Hall–Kier alpha value is -2.85. The standard InChI is InChI=1S/C19H17N7OS2/c1-27-15-6-4-12(5-7-15)16-21-18(24-22-16)28-10-14-11-29-19-25-23-17(26(14)19)13-3-2-8-20-9-13/h2-9,14H,10-11H2,1H3,(H,21,22,24). The van der Waals surface area contributed by atoms with Crippen LogP contribution in [0.2, 0.25) is 0 Å². The summed E-state index contributed by atoms with van der Waals surface area (Å²) in [7, 11) is 1.65. The van der Waals surface area contributed by atoms with E-state index in [4.69, 9.17) is 4.74 Å². The molecule has 1 N–H and O–H groups in total. The van der Waals surface area contributed by atoms with E-state index in [2.05, 4.69) is 34.9 Å². The molecule has 146 valence electrons. The molecule has 1 aromatic carbocycles. The summed E-state index contributed by atoms with van der Waals surface area (Å²) in [5.41, 5.74) is 1.95. The molecule has 1 aliphatic heterocycles. The number of nitrogens with zero attached hydrogens (tertiary/aromatic N) is 6. The number of aromatic nitrogens is 7. The summed E-state index contributed by atoms with van der Waals surface area (Å²) in [4.78, 5) is 8.82. The second-order valence-electron chi connectivity index (χ2n) is 6.39. The first-order valence-electron chi connectivity index (χ1n) is 8.99. The number of methoxy groups -OCH3 is 1. The molecule has 0 saturated heterocycles. The molecule has 0 bridgehead atoms. The summed E-state index contributed by atoms with van der Waals surface area (Å²) < 4.78 is 7.40. The van der Waals surface area contributed by atoms with Gasteiger partial charge in [-0.2, -0.15) is 0 Å². The lowest BCUT2D eigenvalue weighted by molar-refractivity contribution is 0.415. The SMILES string of the molecule is COc1ccc(-c2nc(SCC3CSc4nnc(-c5cccnc5)n43)n[nH]2)cc1. The smallest absolute Gasteiger partial charge is 0.208 e. The number of aromatic amines is 1. The number of rotatable bonds is 6. The van der Waals surface area contributed by atoms with Gasteiger partial charge < -0.3 is 4.74 Å². The maximum atomic E-state index is 5.20. The largest absolute Gasteiger partial charge is 0.497 e. The zero-order valence-corrected chi connectivity index (χ0v) is 17.2. The molecule has 0 radical (unpaired) electrons. The van der Waals surface area contributed by atoms with Crippen LogP contribution in [0, 0.1) is 0 Å². The molecule has 1 unspecified atom stereocenters. The Morgan fingerprint density at radius 3 is 2.90 bits per heavy atom. The van der Waals surface area contributed by atoms with Crippen molar-refractivity contribution in [2.45, 2.75) is 16.4 Å². The number of nitrogens with one attached hydrogen (secondary N) is 1. The van der Waals surface area contributed by atoms with Crippen molar-refractivity contribution in [3.63, 3.8) is 0 Å². The predicted octanol–water partition coefficient (Wildman–Crippen LogP) is 3.57. The van der Waals surface area contributed by atoms with Gasteiger partial charge in [-0.25, -0.2) is 4.98 Å². The van der Waals surface area contributed by atoms with Gasteiger partial charge >= 0.3 is 0 Å². The monoisotopic (exact) mass is 423 g/mol. The lowest BCUT2D eigenvalue weighted by Crippen LogP contribution is -2.11. The van der Waals surface area contributed by atoms with Crippen molar-refractivity contribution < 1.29 is 4.74 Å². The normalized spacial score (nSPS) is 15.4. The lowest BCUT2D eigenvalue weighted by atomic mass is 10.2. The summed E-state index contributed by atoms with van der Waals surface area (Å²) in [6.45, 7) is 0. The first-order chi connectivity index (χ1) is 14.3. The minimum absolute atomic E-state index is 0.271. The number of benzene rings is 1. The molecule has 0 amide bonds. The molecule has 0 saturated carbocycles. The van der Waals surface area contributed by atoms with Gasteiger partial charge in [0.05, 0.1) is 13.2 Å². The fourth-order valence-electron chi connectivity index (χ4n) is 3.12. The van der Waals surface area contributed by atoms with E-state index in [-0.39, 0.29) is 6.04 Å². The Morgan fingerprint density at radius 2 is 2.10 bits per heavy atom. The van der Waals surface area contributed by atoms with E-state index in [1.54, 1.807) is 36.8 Å². The molecular formula is C19H17N7OS2. The minimum Gasteiger partial charge on any atom is -0.497 e. The summed E-state index contributed by atoms with van der Waals surface area (Å²) in [5.74, 6) is 4.22. The highest BCUT2D eigenvalue weighted by Gasteiger charge is 2.29. The molecule has 8 nitrogen and oxygen atoms in total. The highest BCUT2D eigenvalue weighted by molar-refractivity contribution is 8.00. The number of ether oxygens (including phenoxy) is 1. The van der Waals surface area contributed by atoms with Crippen molar-refractivity contribution in [1.82, 2.24) is 34.9 Å². The predicted molar refractivity (Wildman–Crippen MR) is 112 cm³/mol. The first-order valence-corrected chi connectivity index (χ1v) is 11.0. The van der Waals surface area contributed by atoms with E-state index in [1.807, 2.05) is 42.6 Å². The van der Waals surface area contributed by atoms with Crippen LogP contribution in [0.5, 0.6) is 5.75 Å². The van der Waals surface area contributed by atoms with Gasteiger partial charge in [-0.1, -0.05) is 23.5 Å². The number of H-pyrrole nitrogens is 1. The van der Waals surface area contributed by atoms with Gasteiger partial charge in [0.15, 0.2) is 16.8 Å². The lowest BCUT2D eigenvalue weighted by Gasteiger charge is -2.13. The molecule has 1 atom stereocenters. The third-order valence-corrected chi connectivity index (χ3v) is 6.67. The Morgan fingerprint density at radius 1 is 1.21 bits per heavy atom. The maximum Gasteiger partial charge on any atom is 0.208 e. The molecule has 0 spiro atoms. The number of thioether (sulfide) groups is 2. The van der Waals surface area contributed by atoms with Gasteiger partial charge in [0, 0.05) is 35.0 Å². The second-order valence-corrected chi connectivity index (χ2v) is 8.36. The number of pyridine rings is 1. The van der Waals surface area contributed by atoms with E-state index in [0.29, 0.717) is 0 Å². The molecule has 0 fully saturated rings. The van der Waals surface area contributed by atoms with Crippen LogP contribution in [-0.4, -0.2) is 53.5 Å². The molecule has 10 heteroatoms. The van der Waals surface area contributed by atoms with Gasteiger partial charge in [0.25, 0.3) is 0 Å². The van der Waals surface area contributed by atoms with Gasteiger partial charge in [0.1, 0.15) is 5.75 Å². The first kappa shape index (κ1) is 18.2. The molecule has 4 aromatic rings. The summed E-state index contributed by atoms with van der Waals surface area (Å²) in [6.07, 6.45) is 3.58. The topological polar surface area (TPSA) is 94.4 Å². The molecular weight excluding hydrogens is 406 g/mol. The molecule has 3 aromatic heterocycles. The van der Waals surface area contributed by atoms with E-state index >= 15 is 0 Å². The summed E-state index contributed by atoms with van der Waals surface area (Å²) in [6, 6.07) is 11.9. The van der Waals surface area contributed by atoms with Gasteiger partial charge in [-0.3, -0.25) is 14.6 Å². The van der Waals surface area contributed by atoms with E-state index in [0.717, 1.165) is 50.3 Å². The van der Waals surface area contributed by atoms with E-state index in [1.165, 1.54) is 0 Å². The zero-order chi connectivity index (χ0) is 19.6. The van der Waals surface area contributed by atoms with Crippen LogP contribution >= 0.6 is 23.5 Å². The Labute approximate surface area is 175 Å². The molecule has 29 heavy (non-hydrogen) atoms. The van der Waals surface area contributed by atoms with Crippen molar-refractivity contribution >= 4 is 23.5 Å². The third-order valence-electron chi connectivity index (χ3n) is 4.59. The third kappa shape index (κ3) is 3.60. The van der Waals surface area contributed by atoms with Crippen molar-refractivity contribution in [3.05, 3.63) is 48.8 Å². The van der Waals surface area contributed by atoms with Gasteiger partial charge in [-0.05, 0) is 36.4 Å². The van der Waals surface area contributed by atoms with Crippen LogP contribution in [0.25, 0.3) is 22.8 Å². The molecule has 4 heterocycles. The van der Waals surface area contributed by atoms with Crippen molar-refractivity contribution in [2.75, 3.05) is 18.6 Å². The van der Waals surface area contributed by atoms with Crippen molar-refractivity contribution in [1.29, 1.82) is 0 Å². The maximum absolute atomic E-state index is 5.20. The Kier molecular flexibility index (Phi) is 4.94. The average molecular weight is 424 g/mol. The fourth-order valence-corrected chi connectivity index (χ4v) is 5.23. The second kappa shape index (κ2) is 7.88. The highest BCUT2D eigenvalue weighted by Crippen LogP contribution is 2.38. The van der Waals surface area contributed by atoms with Crippen LogP contribution < -0.4 is 4.74 Å². The molecule has 0 aliphatic carbocycles. The quantitative estimate of drug-likeness (QED) is 0.470. The van der Waals surface area contributed by atoms with Gasteiger partial charge in [0.2, 0.25) is 5.16 Å². The zero-order valence-electron chi connectivity index (χ0n) is 15.5. The van der Waals surface area contributed by atoms with Crippen LogP contribution in [-0.2, 0) is 0 Å². The van der Waals surface area contributed by atoms with E-state index in [9.17, 15) is 0 Å². The van der Waals surface area contributed by atoms with Crippen LogP contribution in [0.4, 0.5) is 0 Å². The Bertz CT molecular complexity index is 1110. The number of hydrogen-bond donors (Lipinski definition) is 1. The minimum atomic E-state index is 0.271. The van der Waals surface area contributed by atoms with Crippen LogP contribution in [0.3, 0.4) is 0 Å². The van der Waals surface area contributed by atoms with Crippen LogP contribution in [0.1, 0.15) is 6.04 Å². The Balaban J connectivity index is 1.30. The van der Waals surface area contributed by atoms with Crippen molar-refractivity contribution in [3.8, 4) is 28.5 Å². The number of fused-ring (bicyclic) bond motifs is 1. The highest BCUT2D eigenvalue weighted by atomic mass is 32.2. The van der Waals surface area contributed by atoms with Gasteiger partial charge in [-0.15, -0.1) is 15.3 Å². The summed E-state index contributed by atoms with van der Waals surface area (Å²) in [5, 5.41) is 17.7. The number of hydrogen-bond acceptors (Lipinski definition) is 8. The fraction of sp³-hybridized carbons (Fsp3) is 0.211. The molecule has 1 aliphatic rings. The summed E-state index contributed by atoms with van der Waals surface area (Å²) >= 11 is 3.36. The van der Waals surface area contributed by atoms with Crippen molar-refractivity contribution in [2.24, 2.45) is 0 Å². The van der Waals surface area contributed by atoms with E-state index < -0.39 is 0 Å². The average Bonchev–Trinajstić information content (AvgIpc) is 3.50. The molecule has 5 rings (SSSR count).